The molecular weight excluding hydrogens is 190 g/mol. The van der Waals surface area contributed by atoms with Crippen LogP contribution in [-0.2, 0) is 7.05 Å². The molecule has 0 saturated heterocycles. The second-order valence-electron chi connectivity index (χ2n) is 4.18. The molecule has 1 aromatic rings. The minimum atomic E-state index is -0.0394. The average Bonchev–Trinajstić information content (AvgIpc) is 2.66. The quantitative estimate of drug-likeness (QED) is 0.798. The summed E-state index contributed by atoms with van der Waals surface area (Å²) >= 11 is 0. The van der Waals surface area contributed by atoms with Crippen molar-refractivity contribution >= 4 is 5.91 Å². The standard InChI is InChI=1S/C11H17N3O/c1-14-8-7-10(13-14)11(15)12-9-5-3-2-4-6-9/h7-9H,2-6H2,1H3,(H,12,15). The Morgan fingerprint density at radius 1 is 1.47 bits per heavy atom. The van der Waals surface area contributed by atoms with Crippen LogP contribution >= 0.6 is 0 Å². The zero-order valence-electron chi connectivity index (χ0n) is 9.07. The summed E-state index contributed by atoms with van der Waals surface area (Å²) in [6.45, 7) is 0. The number of hydrogen-bond acceptors (Lipinski definition) is 2. The predicted octanol–water partition coefficient (Wildman–Crippen LogP) is 1.48. The summed E-state index contributed by atoms with van der Waals surface area (Å²) in [5.41, 5.74) is 0.517. The summed E-state index contributed by atoms with van der Waals surface area (Å²) in [5.74, 6) is -0.0394. The van der Waals surface area contributed by atoms with Gasteiger partial charge in [0.15, 0.2) is 0 Å². The first kappa shape index (κ1) is 10.2. The van der Waals surface area contributed by atoms with Crippen LogP contribution < -0.4 is 5.32 Å². The van der Waals surface area contributed by atoms with Crippen LogP contribution in [0.4, 0.5) is 0 Å². The van der Waals surface area contributed by atoms with Gasteiger partial charge in [0.25, 0.3) is 5.91 Å². The van der Waals surface area contributed by atoms with Crippen LogP contribution in [0, 0.1) is 0 Å². The zero-order valence-corrected chi connectivity index (χ0v) is 9.07. The molecule has 4 nitrogen and oxygen atoms in total. The lowest BCUT2D eigenvalue weighted by Gasteiger charge is -2.22. The van der Waals surface area contributed by atoms with E-state index in [1.54, 1.807) is 16.9 Å². The molecule has 82 valence electrons. The van der Waals surface area contributed by atoms with E-state index in [2.05, 4.69) is 10.4 Å². The van der Waals surface area contributed by atoms with Crippen LogP contribution in [0.15, 0.2) is 12.3 Å². The van der Waals surface area contributed by atoms with Gasteiger partial charge in [-0.15, -0.1) is 0 Å². The molecule has 0 unspecified atom stereocenters. The van der Waals surface area contributed by atoms with Crippen LogP contribution in [0.25, 0.3) is 0 Å². The molecule has 2 rings (SSSR count). The average molecular weight is 207 g/mol. The summed E-state index contributed by atoms with van der Waals surface area (Å²) in [5, 5.41) is 7.11. The highest BCUT2D eigenvalue weighted by atomic mass is 16.2. The van der Waals surface area contributed by atoms with Gasteiger partial charge in [-0.25, -0.2) is 0 Å². The molecule has 1 N–H and O–H groups in total. The van der Waals surface area contributed by atoms with Gasteiger partial charge >= 0.3 is 0 Å². The minimum Gasteiger partial charge on any atom is -0.348 e. The molecule has 0 aromatic carbocycles. The van der Waals surface area contributed by atoms with Gasteiger partial charge in [0.2, 0.25) is 0 Å². The molecule has 0 aliphatic heterocycles. The van der Waals surface area contributed by atoms with E-state index in [1.165, 1.54) is 19.3 Å². The molecule has 0 bridgehead atoms. The fourth-order valence-corrected chi connectivity index (χ4v) is 2.04. The molecule has 1 amide bonds. The summed E-state index contributed by atoms with van der Waals surface area (Å²) in [6, 6.07) is 2.10. The minimum absolute atomic E-state index is 0.0394. The fourth-order valence-electron chi connectivity index (χ4n) is 2.04. The van der Waals surface area contributed by atoms with Crippen molar-refractivity contribution in [3.05, 3.63) is 18.0 Å². The van der Waals surface area contributed by atoms with Crippen LogP contribution in [0.3, 0.4) is 0 Å². The lowest BCUT2D eigenvalue weighted by Crippen LogP contribution is -2.36. The number of carbonyl (C=O) groups is 1. The Bertz CT molecular complexity index is 339. The monoisotopic (exact) mass is 207 g/mol. The van der Waals surface area contributed by atoms with E-state index in [1.807, 2.05) is 7.05 Å². The summed E-state index contributed by atoms with van der Waals surface area (Å²) in [6.07, 6.45) is 7.77. The third-order valence-corrected chi connectivity index (χ3v) is 2.89. The first-order valence-electron chi connectivity index (χ1n) is 5.56. The lowest BCUT2D eigenvalue weighted by atomic mass is 9.95. The SMILES string of the molecule is Cn1ccc(C(=O)NC2CCCCC2)n1. The van der Waals surface area contributed by atoms with Gasteiger partial charge in [-0.05, 0) is 18.9 Å². The molecular formula is C11H17N3O. The molecule has 1 aliphatic rings. The van der Waals surface area contributed by atoms with E-state index in [0.717, 1.165) is 12.8 Å². The molecule has 1 heterocycles. The van der Waals surface area contributed by atoms with Crippen molar-refractivity contribution in [2.45, 2.75) is 38.1 Å². The topological polar surface area (TPSA) is 46.9 Å². The van der Waals surface area contributed by atoms with Gasteiger partial charge < -0.3 is 5.32 Å². The van der Waals surface area contributed by atoms with E-state index in [9.17, 15) is 4.79 Å². The van der Waals surface area contributed by atoms with Crippen LogP contribution in [0.2, 0.25) is 0 Å². The van der Waals surface area contributed by atoms with Gasteiger partial charge in [0.1, 0.15) is 5.69 Å². The van der Waals surface area contributed by atoms with Crippen molar-refractivity contribution in [1.82, 2.24) is 15.1 Å². The Kier molecular flexibility index (Phi) is 3.04. The lowest BCUT2D eigenvalue weighted by molar-refractivity contribution is 0.0922. The third-order valence-electron chi connectivity index (χ3n) is 2.89. The first-order chi connectivity index (χ1) is 7.25. The molecule has 0 atom stereocenters. The van der Waals surface area contributed by atoms with Crippen molar-refractivity contribution in [2.75, 3.05) is 0 Å². The maximum absolute atomic E-state index is 11.7. The maximum Gasteiger partial charge on any atom is 0.271 e. The van der Waals surface area contributed by atoms with Crippen molar-refractivity contribution in [1.29, 1.82) is 0 Å². The molecule has 0 radical (unpaired) electrons. The Labute approximate surface area is 89.7 Å². The highest BCUT2D eigenvalue weighted by Crippen LogP contribution is 2.17. The summed E-state index contributed by atoms with van der Waals surface area (Å²) < 4.78 is 1.65. The predicted molar refractivity (Wildman–Crippen MR) is 57.5 cm³/mol. The smallest absolute Gasteiger partial charge is 0.271 e. The molecule has 4 heteroatoms. The summed E-state index contributed by atoms with van der Waals surface area (Å²) in [4.78, 5) is 11.7. The number of nitrogens with one attached hydrogen (secondary N) is 1. The molecule has 0 spiro atoms. The number of rotatable bonds is 2. The van der Waals surface area contributed by atoms with Gasteiger partial charge in [-0.2, -0.15) is 5.10 Å². The van der Waals surface area contributed by atoms with Crippen LogP contribution in [0.1, 0.15) is 42.6 Å². The third kappa shape index (κ3) is 2.58. The molecule has 15 heavy (non-hydrogen) atoms. The highest BCUT2D eigenvalue weighted by molar-refractivity contribution is 5.92. The second kappa shape index (κ2) is 4.47. The van der Waals surface area contributed by atoms with Gasteiger partial charge in [0.05, 0.1) is 0 Å². The number of nitrogens with zero attached hydrogens (tertiary/aromatic N) is 2. The van der Waals surface area contributed by atoms with E-state index in [-0.39, 0.29) is 5.91 Å². The largest absolute Gasteiger partial charge is 0.348 e. The Hall–Kier alpha value is -1.32. The number of carbonyl (C=O) groups excluding carboxylic acids is 1. The van der Waals surface area contributed by atoms with E-state index >= 15 is 0 Å². The Morgan fingerprint density at radius 3 is 2.80 bits per heavy atom. The molecule has 1 aromatic heterocycles. The first-order valence-corrected chi connectivity index (χ1v) is 5.56. The van der Waals surface area contributed by atoms with Crippen LogP contribution in [-0.4, -0.2) is 21.7 Å². The second-order valence-corrected chi connectivity index (χ2v) is 4.18. The molecule has 1 aliphatic carbocycles. The summed E-state index contributed by atoms with van der Waals surface area (Å²) in [7, 11) is 1.82. The van der Waals surface area contributed by atoms with Crippen molar-refractivity contribution in [2.24, 2.45) is 7.05 Å². The van der Waals surface area contributed by atoms with Gasteiger partial charge in [0, 0.05) is 19.3 Å². The van der Waals surface area contributed by atoms with Crippen molar-refractivity contribution < 1.29 is 4.79 Å². The van der Waals surface area contributed by atoms with Gasteiger partial charge in [-0.1, -0.05) is 19.3 Å². The van der Waals surface area contributed by atoms with E-state index < -0.39 is 0 Å². The fraction of sp³-hybridized carbons (Fsp3) is 0.636. The van der Waals surface area contributed by atoms with Crippen molar-refractivity contribution in [3.8, 4) is 0 Å². The number of aryl methyl sites for hydroxylation is 1. The number of aromatic nitrogens is 2. The van der Waals surface area contributed by atoms with Crippen molar-refractivity contribution in [3.63, 3.8) is 0 Å². The van der Waals surface area contributed by atoms with E-state index in [0.29, 0.717) is 11.7 Å². The maximum atomic E-state index is 11.7. The molecule has 1 saturated carbocycles. The number of hydrogen-bond donors (Lipinski definition) is 1. The zero-order chi connectivity index (χ0) is 10.7. The van der Waals surface area contributed by atoms with Gasteiger partial charge in [-0.3, -0.25) is 9.48 Å². The van der Waals surface area contributed by atoms with E-state index in [4.69, 9.17) is 0 Å². The highest BCUT2D eigenvalue weighted by Gasteiger charge is 2.17. The molecule has 1 fully saturated rings. The normalized spacial score (nSPS) is 17.7. The Balaban J connectivity index is 1.91. The van der Waals surface area contributed by atoms with Crippen LogP contribution in [0.5, 0.6) is 0 Å². The Morgan fingerprint density at radius 2 is 2.20 bits per heavy atom. The number of amides is 1.